The fourth-order valence-electron chi connectivity index (χ4n) is 2.91. The fourth-order valence-corrected chi connectivity index (χ4v) is 5.48. The minimum atomic E-state index is 0.208. The lowest BCUT2D eigenvalue weighted by molar-refractivity contribution is 0.256. The molecule has 112 valence electrons. The van der Waals surface area contributed by atoms with E-state index in [9.17, 15) is 5.11 Å². The predicted octanol–water partition coefficient (Wildman–Crippen LogP) is 4.39. The number of hydrogen-bond donors (Lipinski definition) is 2. The highest BCUT2D eigenvalue weighted by molar-refractivity contribution is 8.01. The summed E-state index contributed by atoms with van der Waals surface area (Å²) < 4.78 is 1.45. The lowest BCUT2D eigenvalue weighted by Gasteiger charge is -2.31. The summed E-state index contributed by atoms with van der Waals surface area (Å²) in [7, 11) is 0. The predicted molar refractivity (Wildman–Crippen MR) is 91.0 cm³/mol. The second-order valence-corrected chi connectivity index (χ2v) is 8.15. The zero-order chi connectivity index (χ0) is 14.7. The van der Waals surface area contributed by atoms with E-state index in [0.717, 1.165) is 12.8 Å². The molecule has 1 aliphatic heterocycles. The molecular formula is C17H21NOS2. The van der Waals surface area contributed by atoms with Crippen LogP contribution in [-0.4, -0.2) is 17.0 Å². The molecule has 0 spiro atoms. The van der Waals surface area contributed by atoms with Crippen LogP contribution < -0.4 is 5.32 Å². The van der Waals surface area contributed by atoms with Crippen LogP contribution in [0.3, 0.4) is 0 Å². The standard InChI is InChI=1S/C17H21NOS2/c1-12-11-16(14-8-10-20-17(14)21-12)18-15(7-9-19)13-5-3-2-4-6-13/h2-6,8,10,12,15-16,18-19H,7,9,11H2,1H3/t12-,15+,16?/m0/s1. The van der Waals surface area contributed by atoms with Crippen molar-refractivity contribution in [3.8, 4) is 0 Å². The van der Waals surface area contributed by atoms with Crippen LogP contribution >= 0.6 is 23.1 Å². The van der Waals surface area contributed by atoms with Crippen LogP contribution in [0.1, 0.15) is 43.0 Å². The normalized spacial score (nSPS) is 22.8. The first kappa shape index (κ1) is 15.1. The van der Waals surface area contributed by atoms with Gasteiger partial charge >= 0.3 is 0 Å². The second kappa shape index (κ2) is 6.97. The van der Waals surface area contributed by atoms with Gasteiger partial charge in [0.05, 0.1) is 4.21 Å². The minimum Gasteiger partial charge on any atom is -0.396 e. The highest BCUT2D eigenvalue weighted by Gasteiger charge is 2.28. The molecule has 2 heterocycles. The third-order valence-electron chi connectivity index (χ3n) is 3.93. The van der Waals surface area contributed by atoms with Crippen molar-refractivity contribution in [1.29, 1.82) is 0 Å². The van der Waals surface area contributed by atoms with E-state index in [-0.39, 0.29) is 12.6 Å². The lowest BCUT2D eigenvalue weighted by Crippen LogP contribution is -2.30. The molecule has 3 atom stereocenters. The fraction of sp³-hybridized carbons (Fsp3) is 0.412. The van der Waals surface area contributed by atoms with E-state index in [0.29, 0.717) is 11.3 Å². The van der Waals surface area contributed by atoms with Crippen molar-refractivity contribution in [3.05, 3.63) is 52.9 Å². The van der Waals surface area contributed by atoms with Crippen LogP contribution in [0.25, 0.3) is 0 Å². The van der Waals surface area contributed by atoms with Crippen molar-refractivity contribution in [2.75, 3.05) is 6.61 Å². The summed E-state index contributed by atoms with van der Waals surface area (Å²) in [5.74, 6) is 0. The molecule has 1 aliphatic rings. The molecule has 2 aromatic rings. The van der Waals surface area contributed by atoms with Crippen molar-refractivity contribution in [2.45, 2.75) is 41.3 Å². The summed E-state index contributed by atoms with van der Waals surface area (Å²) >= 11 is 3.83. The quantitative estimate of drug-likeness (QED) is 0.857. The van der Waals surface area contributed by atoms with Crippen LogP contribution in [0.15, 0.2) is 46.0 Å². The number of aliphatic hydroxyl groups is 1. The van der Waals surface area contributed by atoms with E-state index in [1.54, 1.807) is 0 Å². The Balaban J connectivity index is 1.81. The van der Waals surface area contributed by atoms with E-state index in [1.807, 2.05) is 29.2 Å². The molecule has 1 unspecified atom stereocenters. The molecule has 2 nitrogen and oxygen atoms in total. The average Bonchev–Trinajstić information content (AvgIpc) is 2.96. The molecule has 3 rings (SSSR count). The van der Waals surface area contributed by atoms with Gasteiger partial charge in [-0.2, -0.15) is 0 Å². The smallest absolute Gasteiger partial charge is 0.0649 e. The summed E-state index contributed by atoms with van der Waals surface area (Å²) in [6.45, 7) is 2.51. The molecule has 0 saturated carbocycles. The largest absolute Gasteiger partial charge is 0.396 e. The van der Waals surface area contributed by atoms with Gasteiger partial charge in [0.15, 0.2) is 0 Å². The van der Waals surface area contributed by atoms with Crippen molar-refractivity contribution in [1.82, 2.24) is 5.32 Å². The third-order valence-corrected chi connectivity index (χ3v) is 6.28. The maximum atomic E-state index is 9.39. The monoisotopic (exact) mass is 319 g/mol. The topological polar surface area (TPSA) is 32.3 Å². The summed E-state index contributed by atoms with van der Waals surface area (Å²) in [4.78, 5) is 0. The summed E-state index contributed by atoms with van der Waals surface area (Å²) in [5.41, 5.74) is 2.69. The van der Waals surface area contributed by atoms with Gasteiger partial charge < -0.3 is 10.4 Å². The van der Waals surface area contributed by atoms with Gasteiger partial charge in [0.1, 0.15) is 0 Å². The van der Waals surface area contributed by atoms with Crippen molar-refractivity contribution < 1.29 is 5.11 Å². The van der Waals surface area contributed by atoms with Crippen molar-refractivity contribution in [3.63, 3.8) is 0 Å². The van der Waals surface area contributed by atoms with Crippen LogP contribution in [-0.2, 0) is 0 Å². The molecule has 0 saturated heterocycles. The SMILES string of the molecule is C[C@H]1CC(N[C@H](CCO)c2ccccc2)c2ccsc2S1. The maximum Gasteiger partial charge on any atom is 0.0649 e. The molecule has 2 N–H and O–H groups in total. The molecule has 4 heteroatoms. The average molecular weight is 319 g/mol. The van der Waals surface area contributed by atoms with Gasteiger partial charge in [0.25, 0.3) is 0 Å². The Bertz CT molecular complexity index is 569. The third kappa shape index (κ3) is 3.51. The molecule has 1 aromatic heterocycles. The number of nitrogens with one attached hydrogen (secondary N) is 1. The summed E-state index contributed by atoms with van der Waals surface area (Å²) in [6, 6.07) is 13.3. The summed E-state index contributed by atoms with van der Waals surface area (Å²) in [6.07, 6.45) is 1.89. The van der Waals surface area contributed by atoms with Gasteiger partial charge in [-0.15, -0.1) is 23.1 Å². The van der Waals surface area contributed by atoms with Crippen molar-refractivity contribution in [2.24, 2.45) is 0 Å². The van der Waals surface area contributed by atoms with E-state index in [4.69, 9.17) is 0 Å². The Morgan fingerprint density at radius 2 is 2.10 bits per heavy atom. The first-order valence-corrected chi connectivity index (χ1v) is 9.19. The van der Waals surface area contributed by atoms with E-state index < -0.39 is 0 Å². The first-order valence-electron chi connectivity index (χ1n) is 7.44. The number of rotatable bonds is 5. The van der Waals surface area contributed by atoms with E-state index in [2.05, 4.69) is 48.0 Å². The van der Waals surface area contributed by atoms with Gasteiger partial charge in [-0.1, -0.05) is 37.3 Å². The Morgan fingerprint density at radius 3 is 2.86 bits per heavy atom. The molecule has 21 heavy (non-hydrogen) atoms. The first-order chi connectivity index (χ1) is 10.3. The number of thioether (sulfide) groups is 1. The van der Waals surface area contributed by atoms with E-state index >= 15 is 0 Å². The van der Waals surface area contributed by atoms with Crippen LogP contribution in [0.2, 0.25) is 0 Å². The Hall–Kier alpha value is -0.810. The van der Waals surface area contributed by atoms with Gasteiger partial charge in [-0.05, 0) is 35.4 Å². The number of benzene rings is 1. The molecule has 0 fully saturated rings. The van der Waals surface area contributed by atoms with Gasteiger partial charge in [0.2, 0.25) is 0 Å². The second-order valence-electron chi connectivity index (χ2n) is 5.52. The number of hydrogen-bond acceptors (Lipinski definition) is 4. The molecule has 1 aromatic carbocycles. The van der Waals surface area contributed by atoms with Gasteiger partial charge in [-0.3, -0.25) is 0 Å². The number of thiophene rings is 1. The summed E-state index contributed by atoms with van der Waals surface area (Å²) in [5, 5.41) is 16.0. The van der Waals surface area contributed by atoms with Crippen LogP contribution in [0, 0.1) is 0 Å². The van der Waals surface area contributed by atoms with Crippen LogP contribution in [0.4, 0.5) is 0 Å². The zero-order valence-corrected chi connectivity index (χ0v) is 13.8. The highest BCUT2D eigenvalue weighted by Crippen LogP contribution is 2.44. The minimum absolute atomic E-state index is 0.208. The molecular weight excluding hydrogens is 298 g/mol. The van der Waals surface area contributed by atoms with Gasteiger partial charge in [0, 0.05) is 23.9 Å². The van der Waals surface area contributed by atoms with Gasteiger partial charge in [-0.25, -0.2) is 0 Å². The lowest BCUT2D eigenvalue weighted by atomic mass is 9.99. The van der Waals surface area contributed by atoms with Crippen LogP contribution in [0.5, 0.6) is 0 Å². The number of fused-ring (bicyclic) bond motifs is 1. The Morgan fingerprint density at radius 1 is 1.29 bits per heavy atom. The zero-order valence-electron chi connectivity index (χ0n) is 12.2. The Kier molecular flexibility index (Phi) is 5.01. The molecule has 0 radical (unpaired) electrons. The molecule has 0 bridgehead atoms. The number of aliphatic hydroxyl groups excluding tert-OH is 1. The highest BCUT2D eigenvalue weighted by atomic mass is 32.2. The molecule has 0 amide bonds. The maximum absolute atomic E-state index is 9.39. The van der Waals surface area contributed by atoms with Crippen molar-refractivity contribution >= 4 is 23.1 Å². The molecule has 0 aliphatic carbocycles. The Labute approximate surface area is 134 Å². The van der Waals surface area contributed by atoms with E-state index in [1.165, 1.54) is 15.3 Å².